The molecule has 0 saturated carbocycles. The van der Waals surface area contributed by atoms with Crippen LogP contribution in [0.1, 0.15) is 30.4 Å². The molecular weight excluding hydrogens is 266 g/mol. The fourth-order valence-electron chi connectivity index (χ4n) is 3.22. The van der Waals surface area contributed by atoms with E-state index in [9.17, 15) is 4.79 Å². The summed E-state index contributed by atoms with van der Waals surface area (Å²) in [5.41, 5.74) is 2.29. The standard InChI is InChI=1S/C17H23NO3/c1-13-6-2-3-7-14(13)12-16(19)18-9-5-4-8-15(18)17-20-10-11-21-17/h2-3,6-7,15,17H,4-5,8-12H2,1H3/t15-/m0/s1. The van der Waals surface area contributed by atoms with Crippen molar-refractivity contribution in [1.82, 2.24) is 4.90 Å². The first-order valence-corrected chi connectivity index (χ1v) is 7.83. The molecule has 0 spiro atoms. The van der Waals surface area contributed by atoms with Gasteiger partial charge in [-0.3, -0.25) is 4.79 Å². The van der Waals surface area contributed by atoms with E-state index in [1.807, 2.05) is 23.1 Å². The first-order valence-electron chi connectivity index (χ1n) is 7.83. The van der Waals surface area contributed by atoms with Gasteiger partial charge in [0.15, 0.2) is 6.29 Å². The summed E-state index contributed by atoms with van der Waals surface area (Å²) in [5, 5.41) is 0. The largest absolute Gasteiger partial charge is 0.348 e. The van der Waals surface area contributed by atoms with E-state index < -0.39 is 0 Å². The van der Waals surface area contributed by atoms with Crippen molar-refractivity contribution in [2.45, 2.75) is 44.9 Å². The summed E-state index contributed by atoms with van der Waals surface area (Å²) in [6, 6.07) is 8.17. The van der Waals surface area contributed by atoms with Crippen LogP contribution in [0.5, 0.6) is 0 Å². The summed E-state index contributed by atoms with van der Waals surface area (Å²) in [6.07, 6.45) is 3.43. The van der Waals surface area contributed by atoms with Crippen molar-refractivity contribution in [2.24, 2.45) is 0 Å². The maximum Gasteiger partial charge on any atom is 0.227 e. The SMILES string of the molecule is Cc1ccccc1CC(=O)N1CCCC[C@H]1C1OCCO1. The zero-order valence-electron chi connectivity index (χ0n) is 12.6. The van der Waals surface area contributed by atoms with E-state index in [4.69, 9.17) is 9.47 Å². The number of aryl methyl sites for hydroxylation is 1. The number of piperidine rings is 1. The summed E-state index contributed by atoms with van der Waals surface area (Å²) >= 11 is 0. The van der Waals surface area contributed by atoms with Crippen molar-refractivity contribution >= 4 is 5.91 Å². The summed E-state index contributed by atoms with van der Waals surface area (Å²) in [5.74, 6) is 0.188. The summed E-state index contributed by atoms with van der Waals surface area (Å²) in [7, 11) is 0. The molecule has 2 heterocycles. The predicted molar refractivity (Wildman–Crippen MR) is 79.9 cm³/mol. The summed E-state index contributed by atoms with van der Waals surface area (Å²) in [4.78, 5) is 14.7. The molecule has 0 aliphatic carbocycles. The first kappa shape index (κ1) is 14.5. The number of benzene rings is 1. The molecule has 0 aromatic heterocycles. The van der Waals surface area contributed by atoms with Crippen molar-refractivity contribution in [3.63, 3.8) is 0 Å². The van der Waals surface area contributed by atoms with E-state index in [0.29, 0.717) is 19.6 Å². The van der Waals surface area contributed by atoms with Crippen LogP contribution in [0, 0.1) is 6.92 Å². The average molecular weight is 289 g/mol. The van der Waals surface area contributed by atoms with E-state index in [1.165, 1.54) is 5.56 Å². The van der Waals surface area contributed by atoms with Crippen LogP contribution >= 0.6 is 0 Å². The Balaban J connectivity index is 1.70. The monoisotopic (exact) mass is 289 g/mol. The highest BCUT2D eigenvalue weighted by atomic mass is 16.7. The lowest BCUT2D eigenvalue weighted by atomic mass is 9.99. The lowest BCUT2D eigenvalue weighted by molar-refractivity contribution is -0.149. The second-order valence-corrected chi connectivity index (χ2v) is 5.86. The van der Waals surface area contributed by atoms with Crippen LogP contribution in [-0.4, -0.2) is 42.9 Å². The number of likely N-dealkylation sites (tertiary alicyclic amines) is 1. The molecule has 0 unspecified atom stereocenters. The molecule has 4 heteroatoms. The third-order valence-corrected chi connectivity index (χ3v) is 4.43. The lowest BCUT2D eigenvalue weighted by Gasteiger charge is -2.38. The molecule has 21 heavy (non-hydrogen) atoms. The van der Waals surface area contributed by atoms with Crippen LogP contribution < -0.4 is 0 Å². The van der Waals surface area contributed by atoms with E-state index in [0.717, 1.165) is 31.4 Å². The Morgan fingerprint density at radius 1 is 1.24 bits per heavy atom. The molecule has 2 fully saturated rings. The molecule has 1 aromatic rings. The van der Waals surface area contributed by atoms with Gasteiger partial charge in [0.1, 0.15) is 0 Å². The quantitative estimate of drug-likeness (QED) is 0.857. The third kappa shape index (κ3) is 3.27. The zero-order valence-corrected chi connectivity index (χ0v) is 12.6. The highest BCUT2D eigenvalue weighted by molar-refractivity contribution is 5.79. The van der Waals surface area contributed by atoms with Crippen LogP contribution in [0.25, 0.3) is 0 Å². The van der Waals surface area contributed by atoms with Crippen LogP contribution in [0.2, 0.25) is 0 Å². The van der Waals surface area contributed by atoms with E-state index in [1.54, 1.807) is 0 Å². The number of nitrogens with zero attached hydrogens (tertiary/aromatic N) is 1. The van der Waals surface area contributed by atoms with Crippen molar-refractivity contribution < 1.29 is 14.3 Å². The van der Waals surface area contributed by atoms with Gasteiger partial charge in [0.2, 0.25) is 5.91 Å². The molecule has 4 nitrogen and oxygen atoms in total. The predicted octanol–water partition coefficient (Wildman–Crippen LogP) is 2.29. The van der Waals surface area contributed by atoms with E-state index in [2.05, 4.69) is 13.0 Å². The minimum absolute atomic E-state index is 0.0813. The van der Waals surface area contributed by atoms with E-state index >= 15 is 0 Å². The number of rotatable bonds is 3. The maximum absolute atomic E-state index is 12.7. The number of hydrogen-bond donors (Lipinski definition) is 0. The van der Waals surface area contributed by atoms with Gasteiger partial charge in [-0.05, 0) is 37.3 Å². The van der Waals surface area contributed by atoms with Crippen LogP contribution in [0.3, 0.4) is 0 Å². The summed E-state index contributed by atoms with van der Waals surface area (Å²) in [6.45, 7) is 4.15. The topological polar surface area (TPSA) is 38.8 Å². The Bertz CT molecular complexity index is 497. The minimum Gasteiger partial charge on any atom is -0.348 e. The van der Waals surface area contributed by atoms with Crippen molar-refractivity contribution in [3.05, 3.63) is 35.4 Å². The van der Waals surface area contributed by atoms with Gasteiger partial charge < -0.3 is 14.4 Å². The Labute approximate surface area is 126 Å². The molecule has 0 radical (unpaired) electrons. The Hall–Kier alpha value is -1.39. The van der Waals surface area contributed by atoms with Gasteiger partial charge in [0, 0.05) is 6.54 Å². The molecular formula is C17H23NO3. The molecule has 114 valence electrons. The Kier molecular flexibility index (Phi) is 4.56. The number of carbonyl (C=O) groups excluding carboxylic acids is 1. The third-order valence-electron chi connectivity index (χ3n) is 4.43. The molecule has 1 amide bonds. The van der Waals surface area contributed by atoms with Gasteiger partial charge >= 0.3 is 0 Å². The molecule has 3 rings (SSSR count). The molecule has 2 aliphatic rings. The molecule has 1 atom stereocenters. The fourth-order valence-corrected chi connectivity index (χ4v) is 3.22. The highest BCUT2D eigenvalue weighted by Crippen LogP contribution is 2.25. The maximum atomic E-state index is 12.7. The zero-order chi connectivity index (χ0) is 14.7. The Morgan fingerprint density at radius 2 is 2.00 bits per heavy atom. The summed E-state index contributed by atoms with van der Waals surface area (Å²) < 4.78 is 11.3. The van der Waals surface area contributed by atoms with E-state index in [-0.39, 0.29) is 18.2 Å². The molecule has 1 aromatic carbocycles. The van der Waals surface area contributed by atoms with Crippen molar-refractivity contribution in [2.75, 3.05) is 19.8 Å². The van der Waals surface area contributed by atoms with Gasteiger partial charge in [-0.15, -0.1) is 0 Å². The number of amides is 1. The highest BCUT2D eigenvalue weighted by Gasteiger charge is 2.36. The minimum atomic E-state index is -0.230. The Morgan fingerprint density at radius 3 is 2.76 bits per heavy atom. The average Bonchev–Trinajstić information content (AvgIpc) is 3.04. The molecule has 0 bridgehead atoms. The van der Waals surface area contributed by atoms with Gasteiger partial charge in [0.05, 0.1) is 25.7 Å². The molecule has 2 saturated heterocycles. The lowest BCUT2D eigenvalue weighted by Crippen LogP contribution is -2.50. The van der Waals surface area contributed by atoms with Gasteiger partial charge in [0.25, 0.3) is 0 Å². The van der Waals surface area contributed by atoms with Crippen molar-refractivity contribution in [3.8, 4) is 0 Å². The second-order valence-electron chi connectivity index (χ2n) is 5.86. The molecule has 2 aliphatic heterocycles. The van der Waals surface area contributed by atoms with Gasteiger partial charge in [-0.25, -0.2) is 0 Å². The van der Waals surface area contributed by atoms with Crippen molar-refractivity contribution in [1.29, 1.82) is 0 Å². The van der Waals surface area contributed by atoms with Gasteiger partial charge in [-0.1, -0.05) is 24.3 Å². The number of carbonyl (C=O) groups is 1. The van der Waals surface area contributed by atoms with Crippen LogP contribution in [0.4, 0.5) is 0 Å². The molecule has 0 N–H and O–H groups in total. The second kappa shape index (κ2) is 6.58. The fraction of sp³-hybridized carbons (Fsp3) is 0.588. The number of hydrogen-bond acceptors (Lipinski definition) is 3. The smallest absolute Gasteiger partial charge is 0.227 e. The van der Waals surface area contributed by atoms with Crippen LogP contribution in [0.15, 0.2) is 24.3 Å². The first-order chi connectivity index (χ1) is 10.3. The van der Waals surface area contributed by atoms with Crippen LogP contribution in [-0.2, 0) is 20.7 Å². The van der Waals surface area contributed by atoms with Gasteiger partial charge in [-0.2, -0.15) is 0 Å². The normalized spacial score (nSPS) is 23.5. The number of ether oxygens (including phenoxy) is 2.